The fourth-order valence-electron chi connectivity index (χ4n) is 2.32. The van der Waals surface area contributed by atoms with Crippen molar-refractivity contribution in [3.05, 3.63) is 0 Å². The quantitative estimate of drug-likeness (QED) is 0.718. The molecular formula is C12H22N2O3. The summed E-state index contributed by atoms with van der Waals surface area (Å²) in [7, 11) is 0. The Labute approximate surface area is 102 Å². The van der Waals surface area contributed by atoms with E-state index in [0.29, 0.717) is 19.4 Å². The molecule has 1 aliphatic rings. The van der Waals surface area contributed by atoms with E-state index in [1.807, 2.05) is 13.8 Å². The van der Waals surface area contributed by atoms with Crippen molar-refractivity contribution in [1.29, 1.82) is 0 Å². The number of carbonyl (C=O) groups is 2. The minimum absolute atomic E-state index is 0.0553. The lowest BCUT2D eigenvalue weighted by atomic mass is 10.0. The van der Waals surface area contributed by atoms with Gasteiger partial charge in [-0.25, -0.2) is 0 Å². The van der Waals surface area contributed by atoms with Crippen LogP contribution >= 0.6 is 0 Å². The highest BCUT2D eigenvalue weighted by Crippen LogP contribution is 2.27. The molecule has 0 bridgehead atoms. The lowest BCUT2D eigenvalue weighted by Crippen LogP contribution is -2.45. The molecular weight excluding hydrogens is 220 g/mol. The first-order valence-electron chi connectivity index (χ1n) is 6.17. The highest BCUT2D eigenvalue weighted by Gasteiger charge is 2.34. The molecule has 98 valence electrons. The zero-order chi connectivity index (χ0) is 13.0. The number of nitrogens with zero attached hydrogens (tertiary/aromatic N) is 1. The summed E-state index contributed by atoms with van der Waals surface area (Å²) in [5.74, 6) is -0.723. The van der Waals surface area contributed by atoms with Crippen molar-refractivity contribution < 1.29 is 14.7 Å². The molecule has 1 aliphatic carbocycles. The third-order valence-electron chi connectivity index (χ3n) is 3.04. The zero-order valence-electron chi connectivity index (χ0n) is 10.6. The van der Waals surface area contributed by atoms with Gasteiger partial charge in [-0.05, 0) is 25.2 Å². The number of primary amides is 1. The molecule has 1 rings (SSSR count). The van der Waals surface area contributed by atoms with E-state index in [1.54, 1.807) is 0 Å². The second-order valence-electron chi connectivity index (χ2n) is 5.18. The van der Waals surface area contributed by atoms with Gasteiger partial charge in [-0.2, -0.15) is 0 Å². The summed E-state index contributed by atoms with van der Waals surface area (Å²) in [5.41, 5.74) is 5.14. The molecule has 0 aromatic heterocycles. The number of rotatable bonds is 5. The molecule has 0 spiro atoms. The second-order valence-corrected chi connectivity index (χ2v) is 5.18. The van der Waals surface area contributed by atoms with Crippen LogP contribution in [0.4, 0.5) is 0 Å². The molecule has 5 nitrogen and oxygen atoms in total. The second kappa shape index (κ2) is 6.00. The van der Waals surface area contributed by atoms with Gasteiger partial charge in [0.25, 0.3) is 0 Å². The van der Waals surface area contributed by atoms with Crippen LogP contribution in [-0.2, 0) is 9.59 Å². The fourth-order valence-corrected chi connectivity index (χ4v) is 2.32. The average molecular weight is 242 g/mol. The summed E-state index contributed by atoms with van der Waals surface area (Å²) in [5, 5.41) is 9.71. The Morgan fingerprint density at radius 3 is 2.47 bits per heavy atom. The summed E-state index contributed by atoms with van der Waals surface area (Å²) in [6, 6.07) is 0. The number of aliphatic hydroxyl groups is 1. The largest absolute Gasteiger partial charge is 0.392 e. The SMILES string of the molecule is CC(C)CN(CC(N)=O)C(=O)C1CCCC1O. The number of nitrogens with two attached hydrogens (primary N) is 1. The summed E-state index contributed by atoms with van der Waals surface area (Å²) < 4.78 is 0. The first kappa shape index (κ1) is 14.0. The van der Waals surface area contributed by atoms with E-state index in [9.17, 15) is 14.7 Å². The maximum absolute atomic E-state index is 12.2. The minimum atomic E-state index is -0.565. The van der Waals surface area contributed by atoms with E-state index < -0.39 is 12.0 Å². The summed E-state index contributed by atoms with van der Waals surface area (Å²) in [6.45, 7) is 4.41. The van der Waals surface area contributed by atoms with Crippen LogP contribution in [0.3, 0.4) is 0 Å². The Balaban J connectivity index is 2.67. The van der Waals surface area contributed by atoms with Gasteiger partial charge >= 0.3 is 0 Å². The van der Waals surface area contributed by atoms with Gasteiger partial charge in [-0.3, -0.25) is 9.59 Å². The van der Waals surface area contributed by atoms with Crippen molar-refractivity contribution >= 4 is 11.8 Å². The van der Waals surface area contributed by atoms with Crippen LogP contribution in [0.2, 0.25) is 0 Å². The van der Waals surface area contributed by atoms with Crippen molar-refractivity contribution in [2.75, 3.05) is 13.1 Å². The standard InChI is InChI=1S/C12H22N2O3/c1-8(2)6-14(7-11(13)16)12(17)9-4-3-5-10(9)15/h8-10,15H,3-7H2,1-2H3,(H2,13,16). The molecule has 2 amide bonds. The van der Waals surface area contributed by atoms with E-state index in [4.69, 9.17) is 5.73 Å². The van der Waals surface area contributed by atoms with E-state index in [2.05, 4.69) is 0 Å². The van der Waals surface area contributed by atoms with Crippen LogP contribution in [0, 0.1) is 11.8 Å². The number of hydrogen-bond acceptors (Lipinski definition) is 3. The number of amides is 2. The maximum Gasteiger partial charge on any atom is 0.237 e. The lowest BCUT2D eigenvalue weighted by molar-refractivity contribution is -0.141. The first-order chi connectivity index (χ1) is 7.91. The lowest BCUT2D eigenvalue weighted by Gasteiger charge is -2.27. The molecule has 0 saturated heterocycles. The minimum Gasteiger partial charge on any atom is -0.392 e. The molecule has 0 aromatic rings. The first-order valence-corrected chi connectivity index (χ1v) is 6.17. The van der Waals surface area contributed by atoms with Gasteiger partial charge in [-0.15, -0.1) is 0 Å². The van der Waals surface area contributed by atoms with E-state index in [1.165, 1.54) is 4.90 Å². The number of carbonyl (C=O) groups excluding carboxylic acids is 2. The summed E-state index contributed by atoms with van der Waals surface area (Å²) in [4.78, 5) is 24.6. The number of aliphatic hydroxyl groups excluding tert-OH is 1. The van der Waals surface area contributed by atoms with Crippen LogP contribution in [0.1, 0.15) is 33.1 Å². The Bertz CT molecular complexity index is 291. The Hall–Kier alpha value is -1.10. The molecule has 1 fully saturated rings. The van der Waals surface area contributed by atoms with Gasteiger partial charge in [0.1, 0.15) is 0 Å². The summed E-state index contributed by atoms with van der Waals surface area (Å²) in [6.07, 6.45) is 1.67. The van der Waals surface area contributed by atoms with Crippen molar-refractivity contribution in [3.8, 4) is 0 Å². The van der Waals surface area contributed by atoms with Gasteiger partial charge in [-0.1, -0.05) is 13.8 Å². The van der Waals surface area contributed by atoms with Crippen molar-refractivity contribution in [2.45, 2.75) is 39.2 Å². The topological polar surface area (TPSA) is 83.6 Å². The van der Waals surface area contributed by atoms with Crippen LogP contribution in [0.15, 0.2) is 0 Å². The number of hydrogen-bond donors (Lipinski definition) is 2. The van der Waals surface area contributed by atoms with Crippen molar-refractivity contribution in [3.63, 3.8) is 0 Å². The van der Waals surface area contributed by atoms with Crippen LogP contribution in [-0.4, -0.2) is 41.0 Å². The highest BCUT2D eigenvalue weighted by atomic mass is 16.3. The smallest absolute Gasteiger partial charge is 0.237 e. The van der Waals surface area contributed by atoms with Gasteiger partial charge in [0, 0.05) is 6.54 Å². The molecule has 0 radical (unpaired) electrons. The molecule has 2 atom stereocenters. The Morgan fingerprint density at radius 2 is 2.06 bits per heavy atom. The van der Waals surface area contributed by atoms with Crippen molar-refractivity contribution in [2.24, 2.45) is 17.6 Å². The molecule has 5 heteroatoms. The molecule has 0 aromatic carbocycles. The van der Waals surface area contributed by atoms with E-state index in [0.717, 1.165) is 6.42 Å². The zero-order valence-corrected chi connectivity index (χ0v) is 10.6. The molecule has 17 heavy (non-hydrogen) atoms. The fraction of sp³-hybridized carbons (Fsp3) is 0.833. The Kier molecular flexibility index (Phi) is 4.93. The third-order valence-corrected chi connectivity index (χ3v) is 3.04. The molecule has 2 unspecified atom stereocenters. The maximum atomic E-state index is 12.2. The van der Waals surface area contributed by atoms with Crippen molar-refractivity contribution in [1.82, 2.24) is 4.90 Å². The normalized spacial score (nSPS) is 24.0. The molecule has 0 heterocycles. The van der Waals surface area contributed by atoms with Crippen LogP contribution in [0.5, 0.6) is 0 Å². The van der Waals surface area contributed by atoms with E-state index >= 15 is 0 Å². The Morgan fingerprint density at radius 1 is 1.41 bits per heavy atom. The van der Waals surface area contributed by atoms with Gasteiger partial charge in [0.05, 0.1) is 18.6 Å². The van der Waals surface area contributed by atoms with Gasteiger partial charge in [0.2, 0.25) is 11.8 Å². The highest BCUT2D eigenvalue weighted by molar-refractivity contribution is 5.85. The van der Waals surface area contributed by atoms with Gasteiger partial charge in [0.15, 0.2) is 0 Å². The molecule has 1 saturated carbocycles. The van der Waals surface area contributed by atoms with E-state index in [-0.39, 0.29) is 24.3 Å². The monoisotopic (exact) mass is 242 g/mol. The molecule has 3 N–H and O–H groups in total. The van der Waals surface area contributed by atoms with Gasteiger partial charge < -0.3 is 15.7 Å². The third kappa shape index (κ3) is 4.00. The predicted molar refractivity (Wildman–Crippen MR) is 64.0 cm³/mol. The average Bonchev–Trinajstić information content (AvgIpc) is 2.61. The predicted octanol–water partition coefficient (Wildman–Crippen LogP) is 0.117. The molecule has 0 aliphatic heterocycles. The van der Waals surface area contributed by atoms with Crippen LogP contribution < -0.4 is 5.73 Å². The van der Waals surface area contributed by atoms with Crippen LogP contribution in [0.25, 0.3) is 0 Å². The summed E-state index contributed by atoms with van der Waals surface area (Å²) >= 11 is 0.